The fourth-order valence-electron chi connectivity index (χ4n) is 2.86. The van der Waals surface area contributed by atoms with E-state index in [2.05, 4.69) is 24.6 Å². The van der Waals surface area contributed by atoms with E-state index in [1.54, 1.807) is 0 Å². The van der Waals surface area contributed by atoms with E-state index in [1.165, 1.54) is 6.20 Å². The molecule has 0 N–H and O–H groups in total. The van der Waals surface area contributed by atoms with Crippen molar-refractivity contribution in [2.75, 3.05) is 6.61 Å². The van der Waals surface area contributed by atoms with Gasteiger partial charge in [-0.1, -0.05) is 50.0 Å². The van der Waals surface area contributed by atoms with Crippen molar-refractivity contribution in [3.63, 3.8) is 0 Å². The molecule has 0 aliphatic rings. The molecule has 0 radical (unpaired) electrons. The molecule has 0 saturated heterocycles. The van der Waals surface area contributed by atoms with Crippen molar-refractivity contribution >= 4 is 41.7 Å². The number of aromatic nitrogens is 2. The molecule has 0 aliphatic carbocycles. The summed E-state index contributed by atoms with van der Waals surface area (Å²) in [6.45, 7) is 9.00. The second kappa shape index (κ2) is 9.47. The molecule has 0 unspecified atom stereocenters. The number of nitrogens with zero attached hydrogens (tertiary/aromatic N) is 2. The van der Waals surface area contributed by atoms with Gasteiger partial charge in [0.2, 0.25) is 0 Å². The quantitative estimate of drug-likeness (QED) is 0.206. The van der Waals surface area contributed by atoms with Crippen LogP contribution in [0.3, 0.4) is 0 Å². The maximum atomic E-state index is 14.1. The number of benzene rings is 1. The third-order valence-electron chi connectivity index (χ3n) is 4.48. The van der Waals surface area contributed by atoms with E-state index >= 15 is 0 Å². The van der Waals surface area contributed by atoms with E-state index in [-0.39, 0.29) is 5.82 Å². The van der Waals surface area contributed by atoms with Gasteiger partial charge in [-0.2, -0.15) is 0 Å². The van der Waals surface area contributed by atoms with Crippen molar-refractivity contribution in [2.45, 2.75) is 45.6 Å². The molecule has 0 spiro atoms. The van der Waals surface area contributed by atoms with Gasteiger partial charge in [0.05, 0.1) is 34.0 Å². The van der Waals surface area contributed by atoms with Gasteiger partial charge in [0.15, 0.2) is 5.82 Å². The van der Waals surface area contributed by atoms with E-state index in [0.29, 0.717) is 30.1 Å². The smallest absolute Gasteiger partial charge is 0.156 e. The lowest BCUT2D eigenvalue weighted by Gasteiger charge is -2.17. The van der Waals surface area contributed by atoms with Gasteiger partial charge < -0.3 is 14.0 Å². The summed E-state index contributed by atoms with van der Waals surface area (Å²) in [6.07, 6.45) is 1.27. The Balaban J connectivity index is 1.76. The maximum Gasteiger partial charge on any atom is 0.156 e. The second-order valence-corrected chi connectivity index (χ2v) is 14.7. The molecule has 4 nitrogen and oxygen atoms in total. The average Bonchev–Trinajstić information content (AvgIpc) is 3.00. The number of pyridine rings is 1. The third kappa shape index (κ3) is 5.62. The molecule has 150 valence electrons. The second-order valence-electron chi connectivity index (χ2n) is 8.04. The first-order valence-electron chi connectivity index (χ1n) is 9.37. The zero-order chi connectivity index (χ0) is 20.1. The molecule has 3 rings (SSSR count). The van der Waals surface area contributed by atoms with E-state index in [1.807, 2.05) is 63.6 Å². The fourth-order valence-corrected chi connectivity index (χ4v) is 4.32. The lowest BCUT2D eigenvalue weighted by atomic mass is 10.2. The van der Waals surface area contributed by atoms with Gasteiger partial charge in [0.25, 0.3) is 0 Å². The Kier molecular flexibility index (Phi) is 7.24. The van der Waals surface area contributed by atoms with Crippen molar-refractivity contribution in [2.24, 2.45) is 0 Å². The fraction of sp³-hybridized carbons (Fsp3) is 0.381. The van der Waals surface area contributed by atoms with Crippen LogP contribution in [0.25, 0.3) is 11.0 Å². The molecule has 0 amide bonds. The molecule has 2 heterocycles. The van der Waals surface area contributed by atoms with Gasteiger partial charge in [0, 0.05) is 20.4 Å². The highest BCUT2D eigenvalue weighted by Gasteiger charge is 2.17. The van der Waals surface area contributed by atoms with Crippen molar-refractivity contribution in [1.29, 1.82) is 0 Å². The maximum absolute atomic E-state index is 14.1. The summed E-state index contributed by atoms with van der Waals surface area (Å²) in [5, 5.41) is 0. The number of halogens is 2. The Hall–Kier alpha value is -1.29. The van der Waals surface area contributed by atoms with Crippen molar-refractivity contribution in [1.82, 2.24) is 9.55 Å². The van der Waals surface area contributed by atoms with Crippen LogP contribution in [0.4, 0.5) is 4.39 Å². The topological polar surface area (TPSA) is 36.3 Å². The minimum Gasteiger partial charge on any atom is -0.371 e. The molecule has 0 bridgehead atoms. The largest absolute Gasteiger partial charge is 0.371 e. The monoisotopic (exact) mass is 512 g/mol. The van der Waals surface area contributed by atoms with Crippen molar-refractivity contribution < 1.29 is 13.9 Å². The zero-order valence-corrected chi connectivity index (χ0v) is 19.7. The highest BCUT2D eigenvalue weighted by Crippen LogP contribution is 2.26. The third-order valence-corrected chi connectivity index (χ3v) is 7.21. The van der Waals surface area contributed by atoms with Gasteiger partial charge in [0.1, 0.15) is 6.73 Å². The molecule has 28 heavy (non-hydrogen) atoms. The van der Waals surface area contributed by atoms with Crippen LogP contribution >= 0.6 is 22.6 Å². The first kappa shape index (κ1) is 21.4. The summed E-state index contributed by atoms with van der Waals surface area (Å²) in [4.78, 5) is 4.25. The van der Waals surface area contributed by atoms with Crippen LogP contribution in [0.15, 0.2) is 42.6 Å². The Morgan fingerprint density at radius 3 is 2.57 bits per heavy atom. The molecule has 7 heteroatoms. The van der Waals surface area contributed by atoms with Gasteiger partial charge in [-0.05, 0) is 40.3 Å². The normalized spacial score (nSPS) is 12.0. The molecule has 0 aliphatic heterocycles. The van der Waals surface area contributed by atoms with Crippen LogP contribution in [-0.4, -0.2) is 24.2 Å². The van der Waals surface area contributed by atoms with Crippen LogP contribution in [-0.2, 0) is 29.4 Å². The average molecular weight is 512 g/mol. The van der Waals surface area contributed by atoms with Gasteiger partial charge in [-0.25, -0.2) is 4.39 Å². The summed E-state index contributed by atoms with van der Waals surface area (Å²) in [5.41, 5.74) is 3.59. The zero-order valence-electron chi connectivity index (χ0n) is 16.5. The van der Waals surface area contributed by atoms with Crippen LogP contribution < -0.4 is 0 Å². The molecular weight excluding hydrogens is 486 g/mol. The molecule has 0 fully saturated rings. The lowest BCUT2D eigenvalue weighted by Crippen LogP contribution is -2.22. The predicted octanol–water partition coefficient (Wildman–Crippen LogP) is 5.81. The minimum atomic E-state index is -1.16. The van der Waals surface area contributed by atoms with E-state index < -0.39 is 8.07 Å². The SMILES string of the molecule is C[Si](C)(C)CCOCn1c(COCc2ccccc2)cc2ncc(F)c(I)c21. The van der Waals surface area contributed by atoms with E-state index in [4.69, 9.17) is 9.47 Å². The van der Waals surface area contributed by atoms with Gasteiger partial charge >= 0.3 is 0 Å². The van der Waals surface area contributed by atoms with Crippen LogP contribution in [0.1, 0.15) is 11.3 Å². The summed E-state index contributed by atoms with van der Waals surface area (Å²) >= 11 is 2.04. The summed E-state index contributed by atoms with van der Waals surface area (Å²) in [5.74, 6) is -0.314. The van der Waals surface area contributed by atoms with Gasteiger partial charge in [-0.15, -0.1) is 0 Å². The Labute approximate surface area is 180 Å². The number of hydrogen-bond donors (Lipinski definition) is 0. The first-order chi connectivity index (χ1) is 13.3. The van der Waals surface area contributed by atoms with E-state index in [9.17, 15) is 4.39 Å². The van der Waals surface area contributed by atoms with Gasteiger partial charge in [-0.3, -0.25) is 4.98 Å². The first-order valence-corrected chi connectivity index (χ1v) is 14.2. The minimum absolute atomic E-state index is 0.314. The standard InChI is InChI=1S/C21H26FIN2O2Si/c1-28(2,3)10-9-26-15-25-17(14-27-13-16-7-5-4-6-8-16)11-19-21(25)20(23)18(22)12-24-19/h4-8,11-12H,9-10,13-15H2,1-3H3. The molecule has 3 aromatic rings. The van der Waals surface area contributed by atoms with Crippen LogP contribution in [0.5, 0.6) is 0 Å². The van der Waals surface area contributed by atoms with Crippen LogP contribution in [0.2, 0.25) is 25.7 Å². The Morgan fingerprint density at radius 2 is 1.86 bits per heavy atom. The number of fused-ring (bicyclic) bond motifs is 1. The highest BCUT2D eigenvalue weighted by molar-refractivity contribution is 14.1. The highest BCUT2D eigenvalue weighted by atomic mass is 127. The van der Waals surface area contributed by atoms with E-state index in [0.717, 1.165) is 28.3 Å². The molecule has 1 aromatic carbocycles. The number of ether oxygens (including phenoxy) is 2. The molecule has 2 aromatic heterocycles. The predicted molar refractivity (Wildman–Crippen MR) is 121 cm³/mol. The molecule has 0 saturated carbocycles. The Morgan fingerprint density at radius 1 is 1.11 bits per heavy atom. The summed E-state index contributed by atoms with van der Waals surface area (Å²) in [6, 6.07) is 13.1. The number of hydrogen-bond acceptors (Lipinski definition) is 3. The summed E-state index contributed by atoms with van der Waals surface area (Å²) in [7, 11) is -1.16. The molecule has 0 atom stereocenters. The summed E-state index contributed by atoms with van der Waals surface area (Å²) < 4.78 is 28.5. The number of rotatable bonds is 9. The van der Waals surface area contributed by atoms with Crippen molar-refractivity contribution in [3.8, 4) is 0 Å². The van der Waals surface area contributed by atoms with Crippen LogP contribution in [0, 0.1) is 9.39 Å². The Bertz CT molecular complexity index is 926. The van der Waals surface area contributed by atoms with Crippen molar-refractivity contribution in [3.05, 3.63) is 63.2 Å². The molecular formula is C21H26FIN2O2Si. The lowest BCUT2D eigenvalue weighted by molar-refractivity contribution is 0.0715.